The Morgan fingerprint density at radius 2 is 1.85 bits per heavy atom. The summed E-state index contributed by atoms with van der Waals surface area (Å²) in [7, 11) is 7.59. The summed E-state index contributed by atoms with van der Waals surface area (Å²) in [5, 5.41) is 0. The number of halogens is 1. The minimum absolute atomic E-state index is 0.0447. The van der Waals surface area contributed by atoms with E-state index in [0.717, 1.165) is 17.5 Å². The van der Waals surface area contributed by atoms with E-state index in [9.17, 15) is 9.18 Å². The first-order chi connectivity index (χ1) is 12.9. The van der Waals surface area contributed by atoms with Crippen molar-refractivity contribution in [3.63, 3.8) is 0 Å². The van der Waals surface area contributed by atoms with Crippen molar-refractivity contribution in [3.8, 4) is 0 Å². The molecule has 27 heavy (non-hydrogen) atoms. The van der Waals surface area contributed by atoms with Gasteiger partial charge in [0.2, 0.25) is 0 Å². The van der Waals surface area contributed by atoms with E-state index < -0.39 is 5.54 Å². The van der Waals surface area contributed by atoms with Crippen LogP contribution in [0.5, 0.6) is 0 Å². The molecule has 1 aliphatic rings. The summed E-state index contributed by atoms with van der Waals surface area (Å²) in [4.78, 5) is 16.9. The second-order valence-electron chi connectivity index (χ2n) is 7.16. The lowest BCUT2D eigenvalue weighted by atomic mass is 9.80. The van der Waals surface area contributed by atoms with Gasteiger partial charge in [-0.3, -0.25) is 0 Å². The van der Waals surface area contributed by atoms with Gasteiger partial charge in [0, 0.05) is 13.6 Å². The largest absolute Gasteiger partial charge is 0.320 e. The number of carbonyl (C=O) groups excluding carboxylic acids is 1. The Labute approximate surface area is 161 Å². The minimum Gasteiger partial charge on any atom is -0.318 e. The Morgan fingerprint density at radius 1 is 1.22 bits per heavy atom. The molecule has 1 aliphatic heterocycles. The fourth-order valence-corrected chi connectivity index (χ4v) is 3.95. The van der Waals surface area contributed by atoms with Crippen molar-refractivity contribution in [2.24, 2.45) is 0 Å². The van der Waals surface area contributed by atoms with E-state index in [-0.39, 0.29) is 17.9 Å². The zero-order chi connectivity index (χ0) is 19.6. The van der Waals surface area contributed by atoms with Crippen molar-refractivity contribution in [1.82, 2.24) is 9.80 Å². The molecule has 2 radical (unpaired) electrons. The Morgan fingerprint density at radius 3 is 2.44 bits per heavy atom. The summed E-state index contributed by atoms with van der Waals surface area (Å²) in [5.41, 5.74) is 2.17. The number of carbonyl (C=O) groups is 1. The van der Waals surface area contributed by atoms with E-state index in [2.05, 4.69) is 6.58 Å². The Hall–Kier alpha value is -2.56. The number of urea groups is 1. The number of amides is 2. The molecule has 0 unspecified atom stereocenters. The predicted molar refractivity (Wildman–Crippen MR) is 108 cm³/mol. The SMILES string of the molecule is [B]c1ccc([C@H](C)N2CC[C@@](CC=C)(c3ccc(F)cc3)N(C)C2=O)cc1. The molecule has 1 saturated heterocycles. The molecule has 1 fully saturated rings. The monoisotopic (exact) mass is 362 g/mol. The van der Waals surface area contributed by atoms with Crippen LogP contribution >= 0.6 is 0 Å². The van der Waals surface area contributed by atoms with E-state index in [4.69, 9.17) is 7.85 Å². The van der Waals surface area contributed by atoms with Crippen molar-refractivity contribution < 1.29 is 9.18 Å². The van der Waals surface area contributed by atoms with Gasteiger partial charge in [0.05, 0.1) is 11.6 Å². The third kappa shape index (κ3) is 3.51. The fourth-order valence-electron chi connectivity index (χ4n) is 3.95. The quantitative estimate of drug-likeness (QED) is 0.584. The molecule has 2 aromatic carbocycles. The molecular weight excluding hydrogens is 338 g/mol. The normalized spacial score (nSPS) is 21.2. The third-order valence-corrected chi connectivity index (χ3v) is 5.69. The summed E-state index contributed by atoms with van der Waals surface area (Å²) < 4.78 is 13.4. The van der Waals surface area contributed by atoms with Crippen LogP contribution in [-0.4, -0.2) is 37.3 Å². The van der Waals surface area contributed by atoms with Gasteiger partial charge in [-0.15, -0.1) is 6.58 Å². The predicted octanol–water partition coefficient (Wildman–Crippen LogP) is 3.91. The molecular formula is C22H24BFN2O. The minimum atomic E-state index is -0.510. The average molecular weight is 362 g/mol. The molecule has 138 valence electrons. The molecule has 5 heteroatoms. The Bertz CT molecular complexity index is 821. The summed E-state index contributed by atoms with van der Waals surface area (Å²) in [6, 6.07) is 13.9. The van der Waals surface area contributed by atoms with Crippen LogP contribution in [-0.2, 0) is 5.54 Å². The first-order valence-electron chi connectivity index (χ1n) is 9.16. The van der Waals surface area contributed by atoms with Gasteiger partial charge in [-0.2, -0.15) is 0 Å². The lowest BCUT2D eigenvalue weighted by Gasteiger charge is -2.50. The van der Waals surface area contributed by atoms with Crippen LogP contribution in [0.25, 0.3) is 0 Å². The molecule has 2 aromatic rings. The van der Waals surface area contributed by atoms with Crippen molar-refractivity contribution >= 4 is 19.3 Å². The molecule has 0 aliphatic carbocycles. The molecule has 0 spiro atoms. The molecule has 3 rings (SSSR count). The Kier molecular flexibility index (Phi) is 5.40. The summed E-state index contributed by atoms with van der Waals surface area (Å²) in [6.45, 7) is 6.51. The molecule has 0 saturated carbocycles. The van der Waals surface area contributed by atoms with E-state index in [1.165, 1.54) is 12.1 Å². The van der Waals surface area contributed by atoms with Gasteiger partial charge in [0.1, 0.15) is 13.7 Å². The number of benzene rings is 2. The molecule has 3 nitrogen and oxygen atoms in total. The first-order valence-corrected chi connectivity index (χ1v) is 9.16. The molecule has 1 heterocycles. The first kappa shape index (κ1) is 19.2. The second kappa shape index (κ2) is 7.59. The van der Waals surface area contributed by atoms with Crippen molar-refractivity contribution in [2.75, 3.05) is 13.6 Å². The third-order valence-electron chi connectivity index (χ3n) is 5.69. The number of rotatable bonds is 5. The zero-order valence-electron chi connectivity index (χ0n) is 15.9. The average Bonchev–Trinajstić information content (AvgIpc) is 2.66. The lowest BCUT2D eigenvalue weighted by molar-refractivity contribution is 0.0425. The highest BCUT2D eigenvalue weighted by Gasteiger charge is 2.45. The smallest absolute Gasteiger partial charge is 0.318 e. The summed E-state index contributed by atoms with van der Waals surface area (Å²) >= 11 is 0. The van der Waals surface area contributed by atoms with Crippen LogP contribution in [0.4, 0.5) is 9.18 Å². The molecule has 2 atom stereocenters. The van der Waals surface area contributed by atoms with Crippen LogP contribution in [0.15, 0.2) is 61.2 Å². The topological polar surface area (TPSA) is 23.6 Å². The fraction of sp³-hybridized carbons (Fsp3) is 0.318. The van der Waals surface area contributed by atoms with Crippen molar-refractivity contribution in [1.29, 1.82) is 0 Å². The van der Waals surface area contributed by atoms with Gasteiger partial charge in [0.15, 0.2) is 0 Å². The lowest BCUT2D eigenvalue weighted by Crippen LogP contribution is -2.58. The van der Waals surface area contributed by atoms with Crippen LogP contribution in [0.1, 0.15) is 36.9 Å². The van der Waals surface area contributed by atoms with Crippen LogP contribution in [0, 0.1) is 5.82 Å². The maximum atomic E-state index is 13.4. The maximum Gasteiger partial charge on any atom is 0.320 e. The van der Waals surface area contributed by atoms with Gasteiger partial charge < -0.3 is 9.80 Å². The highest BCUT2D eigenvalue weighted by atomic mass is 19.1. The molecule has 2 amide bonds. The highest BCUT2D eigenvalue weighted by Crippen LogP contribution is 2.41. The van der Waals surface area contributed by atoms with Crippen LogP contribution < -0.4 is 5.46 Å². The Balaban J connectivity index is 1.90. The van der Waals surface area contributed by atoms with Gasteiger partial charge in [-0.1, -0.05) is 47.9 Å². The zero-order valence-corrected chi connectivity index (χ0v) is 15.9. The molecule has 0 bridgehead atoms. The summed E-state index contributed by atoms with van der Waals surface area (Å²) in [6.07, 6.45) is 3.18. The number of nitrogens with zero attached hydrogens (tertiary/aromatic N) is 2. The number of hydrogen-bond donors (Lipinski definition) is 0. The highest BCUT2D eigenvalue weighted by molar-refractivity contribution is 6.32. The van der Waals surface area contributed by atoms with Gasteiger partial charge in [-0.25, -0.2) is 9.18 Å². The van der Waals surface area contributed by atoms with E-state index in [0.29, 0.717) is 18.4 Å². The van der Waals surface area contributed by atoms with E-state index in [1.807, 2.05) is 49.2 Å². The second-order valence-corrected chi connectivity index (χ2v) is 7.16. The number of hydrogen-bond acceptors (Lipinski definition) is 1. The molecule has 0 aromatic heterocycles. The van der Waals surface area contributed by atoms with Gasteiger partial charge >= 0.3 is 6.03 Å². The van der Waals surface area contributed by atoms with E-state index >= 15 is 0 Å². The van der Waals surface area contributed by atoms with Gasteiger partial charge in [0.25, 0.3) is 0 Å². The van der Waals surface area contributed by atoms with Gasteiger partial charge in [-0.05, 0) is 43.0 Å². The standard InChI is InChI=1S/C22H24BFN2O/c1-4-13-22(18-7-11-20(24)12-8-18)14-15-26(21(27)25(22)3)16(2)17-5-9-19(23)10-6-17/h4-12,16H,1,13-15H2,2-3H3/t16-,22-/m0/s1. The van der Waals surface area contributed by atoms with Crippen LogP contribution in [0.3, 0.4) is 0 Å². The van der Waals surface area contributed by atoms with Crippen molar-refractivity contribution in [3.05, 3.63) is 78.1 Å². The van der Waals surface area contributed by atoms with E-state index in [1.54, 1.807) is 17.0 Å². The summed E-state index contributed by atoms with van der Waals surface area (Å²) in [5.74, 6) is -0.282. The van der Waals surface area contributed by atoms with Crippen LogP contribution in [0.2, 0.25) is 0 Å². The maximum absolute atomic E-state index is 13.4. The van der Waals surface area contributed by atoms with Crippen molar-refractivity contribution in [2.45, 2.75) is 31.3 Å². The molecule has 0 N–H and O–H groups in total.